The van der Waals surface area contributed by atoms with Crippen LogP contribution in [0.15, 0.2) is 51.9 Å². The number of methoxy groups -OCH3 is 3. The lowest BCUT2D eigenvalue weighted by Crippen LogP contribution is -2.34. The lowest BCUT2D eigenvalue weighted by atomic mass is 10.1. The molecule has 192 valence electrons. The van der Waals surface area contributed by atoms with Crippen LogP contribution in [0, 0.1) is 0 Å². The predicted octanol–water partition coefficient (Wildman–Crippen LogP) is 3.36. The van der Waals surface area contributed by atoms with Crippen LogP contribution in [0.2, 0.25) is 0 Å². The molecule has 1 aromatic carbocycles. The summed E-state index contributed by atoms with van der Waals surface area (Å²) in [5, 5.41) is 0. The van der Waals surface area contributed by atoms with Gasteiger partial charge in [0.1, 0.15) is 28.6 Å². The number of benzene rings is 1. The summed E-state index contributed by atoms with van der Waals surface area (Å²) in [6.45, 7) is 4.33. The van der Waals surface area contributed by atoms with E-state index in [4.69, 9.17) is 18.6 Å². The van der Waals surface area contributed by atoms with Crippen LogP contribution < -0.4 is 19.8 Å². The van der Waals surface area contributed by atoms with Crippen molar-refractivity contribution >= 4 is 5.91 Å². The van der Waals surface area contributed by atoms with Gasteiger partial charge in [-0.25, -0.2) is 0 Å². The fraction of sp³-hybridized carbons (Fsp3) is 0.407. The molecule has 2 aromatic heterocycles. The zero-order valence-corrected chi connectivity index (χ0v) is 21.4. The summed E-state index contributed by atoms with van der Waals surface area (Å²) in [7, 11) is 6.48. The largest absolute Gasteiger partial charge is 0.497 e. The van der Waals surface area contributed by atoms with Gasteiger partial charge in [-0.1, -0.05) is 6.07 Å². The maximum Gasteiger partial charge on any atom is 0.259 e. The van der Waals surface area contributed by atoms with Gasteiger partial charge < -0.3 is 28.1 Å². The highest BCUT2D eigenvalue weighted by atomic mass is 16.5. The molecular weight excluding hydrogens is 462 g/mol. The van der Waals surface area contributed by atoms with Crippen molar-refractivity contribution in [1.82, 2.24) is 14.4 Å². The van der Waals surface area contributed by atoms with Crippen molar-refractivity contribution in [3.05, 3.63) is 75.6 Å². The third-order valence-electron chi connectivity index (χ3n) is 6.86. The number of hydrogen-bond acceptors (Lipinski definition) is 7. The van der Waals surface area contributed by atoms with Gasteiger partial charge in [-0.3, -0.25) is 14.5 Å². The van der Waals surface area contributed by atoms with Crippen LogP contribution in [0.1, 0.15) is 40.3 Å². The van der Waals surface area contributed by atoms with Crippen LogP contribution in [0.5, 0.6) is 17.2 Å². The summed E-state index contributed by atoms with van der Waals surface area (Å²) in [4.78, 5) is 30.6. The molecule has 0 aliphatic carbocycles. The fourth-order valence-corrected chi connectivity index (χ4v) is 4.64. The average Bonchev–Trinajstić information content (AvgIpc) is 3.36. The summed E-state index contributed by atoms with van der Waals surface area (Å²) >= 11 is 0. The molecule has 1 aliphatic rings. The number of rotatable bonds is 8. The summed E-state index contributed by atoms with van der Waals surface area (Å²) in [6.07, 6.45) is 2.11. The minimum Gasteiger partial charge on any atom is -0.497 e. The topological polar surface area (TPSA) is 86.4 Å². The number of pyridine rings is 1. The fourth-order valence-electron chi connectivity index (χ4n) is 4.64. The van der Waals surface area contributed by atoms with Gasteiger partial charge in [0.05, 0.1) is 33.6 Å². The number of ether oxygens (including phenoxy) is 3. The molecule has 0 radical (unpaired) electrons. The van der Waals surface area contributed by atoms with Crippen LogP contribution in [-0.4, -0.2) is 61.7 Å². The Hall–Kier alpha value is -3.72. The first-order chi connectivity index (χ1) is 17.4. The van der Waals surface area contributed by atoms with E-state index in [9.17, 15) is 9.59 Å². The molecule has 0 bridgehead atoms. The Bertz CT molecular complexity index is 1270. The molecule has 1 aliphatic heterocycles. The molecule has 9 heteroatoms. The zero-order valence-electron chi connectivity index (χ0n) is 21.4. The Morgan fingerprint density at radius 2 is 1.83 bits per heavy atom. The second-order valence-electron chi connectivity index (χ2n) is 8.84. The van der Waals surface area contributed by atoms with Crippen molar-refractivity contribution in [1.29, 1.82) is 0 Å². The quantitative estimate of drug-likeness (QED) is 0.474. The highest BCUT2D eigenvalue weighted by Crippen LogP contribution is 2.29. The van der Waals surface area contributed by atoms with E-state index in [0.29, 0.717) is 55.4 Å². The molecule has 0 unspecified atom stereocenters. The van der Waals surface area contributed by atoms with E-state index < -0.39 is 0 Å². The molecule has 0 N–H and O–H groups in total. The van der Waals surface area contributed by atoms with E-state index in [1.165, 1.54) is 13.2 Å². The van der Waals surface area contributed by atoms with Gasteiger partial charge >= 0.3 is 0 Å². The Labute approximate surface area is 210 Å². The highest BCUT2D eigenvalue weighted by molar-refractivity contribution is 5.98. The monoisotopic (exact) mass is 495 g/mol. The van der Waals surface area contributed by atoms with Gasteiger partial charge in [-0.05, 0) is 25.1 Å². The van der Waals surface area contributed by atoms with E-state index in [1.807, 2.05) is 31.2 Å². The first kappa shape index (κ1) is 25.4. The Morgan fingerprint density at radius 3 is 2.50 bits per heavy atom. The molecule has 0 saturated carbocycles. The number of amides is 1. The van der Waals surface area contributed by atoms with Crippen LogP contribution >= 0.6 is 0 Å². The third-order valence-corrected chi connectivity index (χ3v) is 6.86. The molecule has 0 saturated heterocycles. The Balaban J connectivity index is 1.62. The lowest BCUT2D eigenvalue weighted by molar-refractivity contribution is 0.0720. The van der Waals surface area contributed by atoms with Crippen LogP contribution in [0.3, 0.4) is 0 Å². The molecule has 9 nitrogen and oxygen atoms in total. The smallest absolute Gasteiger partial charge is 0.259 e. The number of carbonyl (C=O) groups is 1. The van der Waals surface area contributed by atoms with Crippen molar-refractivity contribution in [2.24, 2.45) is 0 Å². The molecule has 1 amide bonds. The summed E-state index contributed by atoms with van der Waals surface area (Å²) in [5.74, 6) is 2.24. The van der Waals surface area contributed by atoms with E-state index in [1.54, 1.807) is 43.1 Å². The van der Waals surface area contributed by atoms with Crippen molar-refractivity contribution in [3.63, 3.8) is 0 Å². The van der Waals surface area contributed by atoms with Crippen LogP contribution in [-0.2, 0) is 19.5 Å². The van der Waals surface area contributed by atoms with Crippen LogP contribution in [0.25, 0.3) is 0 Å². The lowest BCUT2D eigenvalue weighted by Gasteiger charge is -2.26. The second-order valence-corrected chi connectivity index (χ2v) is 8.84. The summed E-state index contributed by atoms with van der Waals surface area (Å²) in [5.41, 5.74) is 1.95. The van der Waals surface area contributed by atoms with Gasteiger partial charge in [0.25, 0.3) is 11.5 Å². The molecule has 0 spiro atoms. The molecule has 1 atom stereocenters. The number of furan rings is 1. The highest BCUT2D eigenvalue weighted by Gasteiger charge is 2.30. The molecule has 3 heterocycles. The van der Waals surface area contributed by atoms with Crippen LogP contribution in [0.4, 0.5) is 0 Å². The first-order valence-corrected chi connectivity index (χ1v) is 11.9. The van der Waals surface area contributed by atoms with E-state index in [0.717, 1.165) is 17.1 Å². The van der Waals surface area contributed by atoms with Crippen molar-refractivity contribution in [2.75, 3.05) is 41.5 Å². The van der Waals surface area contributed by atoms with Gasteiger partial charge in [-0.15, -0.1) is 0 Å². The number of fused-ring (bicyclic) bond motifs is 1. The minimum absolute atomic E-state index is 0.177. The molecule has 4 rings (SSSR count). The van der Waals surface area contributed by atoms with Gasteiger partial charge in [-0.2, -0.15) is 0 Å². The standard InChI is InChI=1S/C27H33N3O6/c1-18(22-7-6-14-36-22)28(2)27(32)26-21-10-11-29(12-13-30(21)25(31)16-24(26)35-5)17-19-8-9-20(33-3)15-23(19)34-4/h6-9,14-16,18H,10-13,17H2,1-5H3/t18-/m1/s1. The predicted molar refractivity (Wildman–Crippen MR) is 135 cm³/mol. The number of aromatic nitrogens is 1. The maximum atomic E-state index is 13.7. The van der Waals surface area contributed by atoms with Gasteiger partial charge in [0.15, 0.2) is 0 Å². The van der Waals surface area contributed by atoms with E-state index in [-0.39, 0.29) is 17.5 Å². The Kier molecular flexibility index (Phi) is 7.69. The average molecular weight is 496 g/mol. The molecule has 0 fully saturated rings. The van der Waals surface area contributed by atoms with E-state index in [2.05, 4.69) is 4.90 Å². The van der Waals surface area contributed by atoms with Crippen molar-refractivity contribution in [2.45, 2.75) is 32.5 Å². The number of carbonyl (C=O) groups excluding carboxylic acids is 1. The maximum absolute atomic E-state index is 13.7. The SMILES string of the molecule is COc1ccc(CN2CCc3c(C(=O)N(C)[C@H](C)c4ccco4)c(OC)cc(=O)n3CC2)c(OC)c1. The number of nitrogens with zero attached hydrogens (tertiary/aromatic N) is 3. The summed E-state index contributed by atoms with van der Waals surface area (Å²) in [6, 6.07) is 10.5. The normalized spacial score (nSPS) is 14.5. The van der Waals surface area contributed by atoms with E-state index >= 15 is 0 Å². The molecular formula is C27H33N3O6. The Morgan fingerprint density at radius 1 is 1.06 bits per heavy atom. The molecule has 36 heavy (non-hydrogen) atoms. The first-order valence-electron chi connectivity index (χ1n) is 11.9. The van der Waals surface area contributed by atoms with Gasteiger partial charge in [0.2, 0.25) is 0 Å². The number of hydrogen-bond donors (Lipinski definition) is 0. The second kappa shape index (κ2) is 10.9. The van der Waals surface area contributed by atoms with Crippen molar-refractivity contribution < 1.29 is 23.4 Å². The molecule has 3 aromatic rings. The zero-order chi connectivity index (χ0) is 25.8. The summed E-state index contributed by atoms with van der Waals surface area (Å²) < 4.78 is 23.6. The third kappa shape index (κ3) is 4.97. The minimum atomic E-state index is -0.283. The van der Waals surface area contributed by atoms with Gasteiger partial charge in [0, 0.05) is 63.0 Å². The van der Waals surface area contributed by atoms with Crippen molar-refractivity contribution in [3.8, 4) is 17.2 Å².